The first-order valence-corrected chi connectivity index (χ1v) is 6.90. The van der Waals surface area contributed by atoms with Crippen molar-refractivity contribution < 1.29 is 9.53 Å². The molecule has 0 bridgehead atoms. The van der Waals surface area contributed by atoms with Gasteiger partial charge in [-0.2, -0.15) is 0 Å². The summed E-state index contributed by atoms with van der Waals surface area (Å²) in [6.45, 7) is 2.35. The van der Waals surface area contributed by atoms with E-state index in [1.807, 2.05) is 37.3 Å². The number of aryl methyl sites for hydroxylation is 1. The summed E-state index contributed by atoms with van der Waals surface area (Å²) in [4.78, 5) is 11.9. The fraction of sp³-hybridized carbons (Fsp3) is 0.188. The number of halogens is 1. The Morgan fingerprint density at radius 3 is 2.76 bits per heavy atom. The average molecular weight is 305 g/mol. The van der Waals surface area contributed by atoms with Crippen molar-refractivity contribution in [1.29, 1.82) is 0 Å². The summed E-state index contributed by atoms with van der Waals surface area (Å²) in [5.74, 6) is 0.760. The summed E-state index contributed by atoms with van der Waals surface area (Å²) < 4.78 is 5.14. The van der Waals surface area contributed by atoms with Crippen LogP contribution in [0.3, 0.4) is 0 Å². The lowest BCUT2D eigenvalue weighted by molar-refractivity contribution is 0.251. The second-order valence-electron chi connectivity index (χ2n) is 4.64. The number of hydrogen-bond acceptors (Lipinski definition) is 2. The highest BCUT2D eigenvalue weighted by molar-refractivity contribution is 6.33. The van der Waals surface area contributed by atoms with Gasteiger partial charge in [-0.3, -0.25) is 0 Å². The Kier molecular flexibility index (Phi) is 5.06. The lowest BCUT2D eigenvalue weighted by atomic mass is 10.2. The van der Waals surface area contributed by atoms with Gasteiger partial charge in [0.2, 0.25) is 0 Å². The smallest absolute Gasteiger partial charge is 0.319 e. The summed E-state index contributed by atoms with van der Waals surface area (Å²) >= 11 is 6.07. The lowest BCUT2D eigenvalue weighted by Gasteiger charge is -2.10. The summed E-state index contributed by atoms with van der Waals surface area (Å²) in [5, 5.41) is 6.02. The normalized spacial score (nSPS) is 10.0. The molecule has 5 heteroatoms. The Balaban J connectivity index is 1.92. The van der Waals surface area contributed by atoms with Gasteiger partial charge in [-0.05, 0) is 42.3 Å². The maximum absolute atomic E-state index is 11.9. The van der Waals surface area contributed by atoms with E-state index in [1.165, 1.54) is 0 Å². The minimum Gasteiger partial charge on any atom is -0.497 e. The first-order valence-electron chi connectivity index (χ1n) is 6.52. The van der Waals surface area contributed by atoms with Gasteiger partial charge in [0.15, 0.2) is 0 Å². The Morgan fingerprint density at radius 2 is 2.05 bits per heavy atom. The monoisotopic (exact) mass is 304 g/mol. The topological polar surface area (TPSA) is 50.4 Å². The predicted molar refractivity (Wildman–Crippen MR) is 85.0 cm³/mol. The molecule has 2 N–H and O–H groups in total. The van der Waals surface area contributed by atoms with E-state index in [4.69, 9.17) is 16.3 Å². The Morgan fingerprint density at radius 1 is 1.24 bits per heavy atom. The van der Waals surface area contributed by atoms with Crippen LogP contribution >= 0.6 is 11.6 Å². The van der Waals surface area contributed by atoms with Crippen LogP contribution in [0.5, 0.6) is 5.75 Å². The number of amides is 2. The molecule has 0 heterocycles. The molecule has 0 fully saturated rings. The van der Waals surface area contributed by atoms with Gasteiger partial charge < -0.3 is 15.4 Å². The zero-order chi connectivity index (χ0) is 15.2. The summed E-state index contributed by atoms with van der Waals surface area (Å²) in [6.07, 6.45) is 0. The minimum absolute atomic E-state index is 0.302. The largest absolute Gasteiger partial charge is 0.497 e. The molecule has 0 radical (unpaired) electrons. The van der Waals surface area contributed by atoms with Crippen molar-refractivity contribution in [2.75, 3.05) is 12.4 Å². The molecule has 2 amide bonds. The molecule has 0 atom stereocenters. The number of anilines is 1. The molecule has 2 aromatic rings. The fourth-order valence-corrected chi connectivity index (χ4v) is 2.14. The van der Waals surface area contributed by atoms with Gasteiger partial charge in [-0.1, -0.05) is 29.8 Å². The quantitative estimate of drug-likeness (QED) is 0.897. The van der Waals surface area contributed by atoms with Gasteiger partial charge in [-0.25, -0.2) is 4.79 Å². The molecule has 110 valence electrons. The van der Waals surface area contributed by atoms with Crippen molar-refractivity contribution in [3.63, 3.8) is 0 Å². The number of carbonyl (C=O) groups is 1. The molecule has 0 aliphatic carbocycles. The number of rotatable bonds is 4. The molecule has 0 aliphatic rings. The van der Waals surface area contributed by atoms with E-state index in [0.717, 1.165) is 16.9 Å². The number of urea groups is 1. The highest BCUT2D eigenvalue weighted by atomic mass is 35.5. The van der Waals surface area contributed by atoms with Crippen molar-refractivity contribution in [2.45, 2.75) is 13.5 Å². The van der Waals surface area contributed by atoms with Crippen LogP contribution in [-0.2, 0) is 6.54 Å². The molecule has 4 nitrogen and oxygen atoms in total. The Hall–Kier alpha value is -2.20. The van der Waals surface area contributed by atoms with E-state index in [0.29, 0.717) is 17.3 Å². The number of benzene rings is 2. The van der Waals surface area contributed by atoms with E-state index in [-0.39, 0.29) is 6.03 Å². The van der Waals surface area contributed by atoms with Crippen molar-refractivity contribution in [3.8, 4) is 5.75 Å². The molecule has 2 aromatic carbocycles. The Labute approximate surface area is 129 Å². The molecule has 0 aromatic heterocycles. The second kappa shape index (κ2) is 6.99. The van der Waals surface area contributed by atoms with Crippen LogP contribution in [0, 0.1) is 6.92 Å². The first kappa shape index (κ1) is 15.2. The van der Waals surface area contributed by atoms with Gasteiger partial charge >= 0.3 is 6.03 Å². The number of hydrogen-bond donors (Lipinski definition) is 2. The van der Waals surface area contributed by atoms with Crippen LogP contribution in [-0.4, -0.2) is 13.1 Å². The third-order valence-electron chi connectivity index (χ3n) is 2.96. The van der Waals surface area contributed by atoms with E-state index < -0.39 is 0 Å². The molecule has 0 aliphatic heterocycles. The zero-order valence-corrected chi connectivity index (χ0v) is 12.7. The summed E-state index contributed by atoms with van der Waals surface area (Å²) in [5.41, 5.74) is 2.59. The number of ether oxygens (including phenoxy) is 1. The van der Waals surface area contributed by atoms with Crippen molar-refractivity contribution in [2.24, 2.45) is 0 Å². The van der Waals surface area contributed by atoms with Crippen molar-refractivity contribution >= 4 is 23.3 Å². The molecule has 0 saturated heterocycles. The molecular weight excluding hydrogens is 288 g/mol. The molecule has 0 unspecified atom stereocenters. The van der Waals surface area contributed by atoms with E-state index in [1.54, 1.807) is 19.2 Å². The maximum Gasteiger partial charge on any atom is 0.319 e. The van der Waals surface area contributed by atoms with Crippen LogP contribution in [0.4, 0.5) is 10.5 Å². The molecular formula is C16H17ClN2O2. The van der Waals surface area contributed by atoms with Gasteiger partial charge in [0.1, 0.15) is 5.75 Å². The first-order chi connectivity index (χ1) is 10.1. The highest BCUT2D eigenvalue weighted by Gasteiger charge is 2.05. The molecule has 21 heavy (non-hydrogen) atoms. The Bertz CT molecular complexity index is 644. The fourth-order valence-electron chi connectivity index (χ4n) is 1.85. The minimum atomic E-state index is -0.302. The number of methoxy groups -OCH3 is 1. The van der Waals surface area contributed by atoms with E-state index in [2.05, 4.69) is 10.6 Å². The van der Waals surface area contributed by atoms with Crippen LogP contribution in [0.15, 0.2) is 42.5 Å². The van der Waals surface area contributed by atoms with Crippen molar-refractivity contribution in [3.05, 3.63) is 58.6 Å². The lowest BCUT2D eigenvalue weighted by Crippen LogP contribution is -2.28. The van der Waals surface area contributed by atoms with Gasteiger partial charge in [0.05, 0.1) is 17.8 Å². The standard InChI is InChI=1S/C16H17ClN2O2/c1-11-6-7-15(14(17)8-11)19-16(20)18-10-12-4-3-5-13(9-12)21-2/h3-9H,10H2,1-2H3,(H2,18,19,20). The van der Waals surface area contributed by atoms with Gasteiger partial charge in [0, 0.05) is 6.54 Å². The van der Waals surface area contributed by atoms with E-state index in [9.17, 15) is 4.79 Å². The van der Waals surface area contributed by atoms with E-state index >= 15 is 0 Å². The molecule has 0 saturated carbocycles. The summed E-state index contributed by atoms with van der Waals surface area (Å²) in [7, 11) is 1.61. The van der Waals surface area contributed by atoms with Crippen LogP contribution in [0.25, 0.3) is 0 Å². The van der Waals surface area contributed by atoms with Crippen molar-refractivity contribution in [1.82, 2.24) is 5.32 Å². The summed E-state index contributed by atoms with van der Waals surface area (Å²) in [6, 6.07) is 12.7. The third-order valence-corrected chi connectivity index (χ3v) is 3.27. The van der Waals surface area contributed by atoms with Crippen LogP contribution in [0.2, 0.25) is 5.02 Å². The third kappa shape index (κ3) is 4.39. The molecule has 2 rings (SSSR count). The SMILES string of the molecule is COc1cccc(CNC(=O)Nc2ccc(C)cc2Cl)c1. The van der Waals surface area contributed by atoms with Crippen LogP contribution in [0.1, 0.15) is 11.1 Å². The predicted octanol–water partition coefficient (Wildman–Crippen LogP) is 3.98. The second-order valence-corrected chi connectivity index (χ2v) is 5.05. The number of carbonyl (C=O) groups excluding carboxylic acids is 1. The van der Waals surface area contributed by atoms with Gasteiger partial charge in [0.25, 0.3) is 0 Å². The average Bonchev–Trinajstić information content (AvgIpc) is 2.48. The maximum atomic E-state index is 11.9. The van der Waals surface area contributed by atoms with Gasteiger partial charge in [-0.15, -0.1) is 0 Å². The zero-order valence-electron chi connectivity index (χ0n) is 11.9. The molecule has 0 spiro atoms. The van der Waals surface area contributed by atoms with Crippen LogP contribution < -0.4 is 15.4 Å². The number of nitrogens with one attached hydrogen (secondary N) is 2. The highest BCUT2D eigenvalue weighted by Crippen LogP contribution is 2.22.